The summed E-state index contributed by atoms with van der Waals surface area (Å²) in [6.07, 6.45) is 1.71. The Labute approximate surface area is 203 Å². The lowest BCUT2D eigenvalue weighted by Crippen LogP contribution is -2.43. The molecule has 1 aromatic heterocycles. The van der Waals surface area contributed by atoms with Crippen molar-refractivity contribution < 1.29 is 9.59 Å². The van der Waals surface area contributed by atoms with Crippen molar-refractivity contribution in [3.05, 3.63) is 92.1 Å². The van der Waals surface area contributed by atoms with E-state index in [4.69, 9.17) is 23.2 Å². The molecule has 0 unspecified atom stereocenters. The van der Waals surface area contributed by atoms with Crippen LogP contribution < -0.4 is 0 Å². The Morgan fingerprint density at radius 1 is 0.938 bits per heavy atom. The number of unbranched alkanes of at least 4 members (excludes halogenated alkanes) is 1. The van der Waals surface area contributed by atoms with Crippen molar-refractivity contribution in [2.24, 2.45) is 0 Å². The van der Waals surface area contributed by atoms with Gasteiger partial charge in [-0.3, -0.25) is 9.59 Å². The molecule has 0 bridgehead atoms. The Bertz CT molecular complexity index is 1030. The van der Waals surface area contributed by atoms with Crippen LogP contribution in [0, 0.1) is 0 Å². The minimum Gasteiger partial charge on any atom is -0.332 e. The zero-order valence-electron chi connectivity index (χ0n) is 18.0. The molecular formula is C25H26Cl2N2O2S. The molecule has 0 N–H and O–H groups in total. The highest BCUT2D eigenvalue weighted by atomic mass is 35.5. The number of thiophene rings is 1. The van der Waals surface area contributed by atoms with Crippen molar-refractivity contribution in [1.82, 2.24) is 9.80 Å². The van der Waals surface area contributed by atoms with Crippen LogP contribution in [0.3, 0.4) is 0 Å². The van der Waals surface area contributed by atoms with Crippen LogP contribution in [0.4, 0.5) is 0 Å². The van der Waals surface area contributed by atoms with Gasteiger partial charge in [-0.15, -0.1) is 11.3 Å². The van der Waals surface area contributed by atoms with Gasteiger partial charge in [-0.25, -0.2) is 0 Å². The van der Waals surface area contributed by atoms with Crippen LogP contribution in [0.25, 0.3) is 0 Å². The van der Waals surface area contributed by atoms with Crippen molar-refractivity contribution in [3.8, 4) is 0 Å². The molecule has 4 nitrogen and oxygen atoms in total. The molecule has 0 aliphatic heterocycles. The molecule has 0 aliphatic carbocycles. The summed E-state index contributed by atoms with van der Waals surface area (Å²) in [6, 6.07) is 18.7. The van der Waals surface area contributed by atoms with Crippen molar-refractivity contribution in [2.45, 2.75) is 32.9 Å². The lowest BCUT2D eigenvalue weighted by atomic mass is 10.1. The first-order valence-electron chi connectivity index (χ1n) is 10.6. The number of hydrogen-bond acceptors (Lipinski definition) is 3. The third-order valence-corrected chi connectivity index (χ3v) is 6.46. The molecule has 0 spiro atoms. The number of nitrogens with zero attached hydrogens (tertiary/aromatic N) is 2. The van der Waals surface area contributed by atoms with Crippen LogP contribution in [-0.2, 0) is 17.9 Å². The quantitative estimate of drug-likeness (QED) is 0.325. The van der Waals surface area contributed by atoms with E-state index >= 15 is 0 Å². The van der Waals surface area contributed by atoms with E-state index in [2.05, 4.69) is 6.92 Å². The highest BCUT2D eigenvalue weighted by Gasteiger charge is 2.24. The molecule has 0 saturated heterocycles. The summed E-state index contributed by atoms with van der Waals surface area (Å²) in [6.45, 7) is 3.52. The number of rotatable bonds is 10. The maximum absolute atomic E-state index is 13.4. The van der Waals surface area contributed by atoms with Gasteiger partial charge in [-0.2, -0.15) is 0 Å². The highest BCUT2D eigenvalue weighted by Crippen LogP contribution is 2.23. The van der Waals surface area contributed by atoms with E-state index in [0.717, 1.165) is 23.3 Å². The van der Waals surface area contributed by atoms with Gasteiger partial charge in [-0.05, 0) is 41.6 Å². The van der Waals surface area contributed by atoms with Gasteiger partial charge in [0.15, 0.2) is 0 Å². The molecule has 32 heavy (non-hydrogen) atoms. The van der Waals surface area contributed by atoms with Gasteiger partial charge < -0.3 is 9.80 Å². The number of amides is 2. The van der Waals surface area contributed by atoms with E-state index in [1.165, 1.54) is 0 Å². The molecule has 1 heterocycles. The zero-order valence-corrected chi connectivity index (χ0v) is 20.3. The highest BCUT2D eigenvalue weighted by molar-refractivity contribution is 7.09. The number of halogens is 2. The normalized spacial score (nSPS) is 10.7. The molecule has 3 aromatic rings. The average molecular weight is 489 g/mol. The van der Waals surface area contributed by atoms with Gasteiger partial charge in [-0.1, -0.05) is 72.9 Å². The summed E-state index contributed by atoms with van der Waals surface area (Å²) >= 11 is 13.9. The van der Waals surface area contributed by atoms with Crippen molar-refractivity contribution in [1.29, 1.82) is 0 Å². The molecule has 3 rings (SSSR count). The maximum Gasteiger partial charge on any atom is 0.255 e. The summed E-state index contributed by atoms with van der Waals surface area (Å²) in [5, 5.41) is 2.75. The van der Waals surface area contributed by atoms with Crippen LogP contribution in [0.5, 0.6) is 0 Å². The first-order chi connectivity index (χ1) is 15.5. The molecule has 7 heteroatoms. The van der Waals surface area contributed by atoms with E-state index in [1.54, 1.807) is 39.3 Å². The van der Waals surface area contributed by atoms with E-state index in [-0.39, 0.29) is 23.4 Å². The molecule has 0 saturated carbocycles. The Hall–Kier alpha value is -2.34. The first-order valence-corrected chi connectivity index (χ1v) is 12.2. The summed E-state index contributed by atoms with van der Waals surface area (Å²) in [5.74, 6) is -0.360. The lowest BCUT2D eigenvalue weighted by molar-refractivity contribution is -0.133. The first kappa shape index (κ1) is 24.3. The number of benzene rings is 2. The molecule has 2 aromatic carbocycles. The topological polar surface area (TPSA) is 40.6 Å². The smallest absolute Gasteiger partial charge is 0.255 e. The second kappa shape index (κ2) is 12.0. The lowest BCUT2D eigenvalue weighted by Gasteiger charge is -2.28. The Balaban J connectivity index is 1.81. The fourth-order valence-electron chi connectivity index (χ4n) is 3.32. The van der Waals surface area contributed by atoms with Crippen molar-refractivity contribution >= 4 is 46.4 Å². The molecule has 0 fully saturated rings. The second-order valence-corrected chi connectivity index (χ2v) is 9.40. The minimum absolute atomic E-state index is 0.00397. The Morgan fingerprint density at radius 3 is 2.38 bits per heavy atom. The Kier molecular flexibility index (Phi) is 9.15. The van der Waals surface area contributed by atoms with Crippen molar-refractivity contribution in [3.63, 3.8) is 0 Å². The molecule has 2 amide bonds. The summed E-state index contributed by atoms with van der Waals surface area (Å²) in [4.78, 5) is 31.1. The van der Waals surface area contributed by atoms with Gasteiger partial charge in [0.25, 0.3) is 5.91 Å². The summed E-state index contributed by atoms with van der Waals surface area (Å²) in [5.41, 5.74) is 1.40. The third-order valence-electron chi connectivity index (χ3n) is 5.05. The third kappa shape index (κ3) is 6.83. The van der Waals surface area contributed by atoms with Crippen LogP contribution >= 0.6 is 34.5 Å². The van der Waals surface area contributed by atoms with Crippen LogP contribution in [-0.4, -0.2) is 34.7 Å². The van der Waals surface area contributed by atoms with Gasteiger partial charge in [0.05, 0.1) is 17.1 Å². The fourth-order valence-corrected chi connectivity index (χ4v) is 4.53. The average Bonchev–Trinajstić information content (AvgIpc) is 3.29. The van der Waals surface area contributed by atoms with Gasteiger partial charge >= 0.3 is 0 Å². The van der Waals surface area contributed by atoms with Gasteiger partial charge in [0.2, 0.25) is 5.91 Å². The molecule has 0 atom stereocenters. The molecule has 168 valence electrons. The summed E-state index contributed by atoms with van der Waals surface area (Å²) < 4.78 is 0. The van der Waals surface area contributed by atoms with Gasteiger partial charge in [0.1, 0.15) is 6.54 Å². The number of carbonyl (C=O) groups excluding carboxylic acids is 2. The van der Waals surface area contributed by atoms with E-state index in [0.29, 0.717) is 30.2 Å². The minimum atomic E-state index is -0.260. The van der Waals surface area contributed by atoms with E-state index in [1.807, 2.05) is 47.8 Å². The Morgan fingerprint density at radius 2 is 1.72 bits per heavy atom. The number of carbonyl (C=O) groups is 2. The van der Waals surface area contributed by atoms with Crippen LogP contribution in [0.15, 0.2) is 66.0 Å². The monoisotopic (exact) mass is 488 g/mol. The predicted octanol–water partition coefficient (Wildman–Crippen LogP) is 6.53. The number of hydrogen-bond donors (Lipinski definition) is 0. The zero-order chi connectivity index (χ0) is 22.9. The maximum atomic E-state index is 13.4. The SMILES string of the molecule is CCCCN(CC(=O)N(Cc1ccccc1)Cc1cccs1)C(=O)c1ccc(Cl)cc1Cl. The van der Waals surface area contributed by atoms with Gasteiger partial charge in [0, 0.05) is 23.0 Å². The largest absolute Gasteiger partial charge is 0.332 e. The standard InChI is InChI=1S/C25H26Cl2N2O2S/c1-2-3-13-28(25(31)22-12-11-20(26)15-23(22)27)18-24(30)29(17-21-10-7-14-32-21)16-19-8-5-4-6-9-19/h4-12,14-15H,2-3,13,16-18H2,1H3. The molecular weight excluding hydrogens is 463 g/mol. The van der Waals surface area contributed by atoms with E-state index in [9.17, 15) is 9.59 Å². The second-order valence-electron chi connectivity index (χ2n) is 7.52. The summed E-state index contributed by atoms with van der Waals surface area (Å²) in [7, 11) is 0. The molecule has 0 aliphatic rings. The van der Waals surface area contributed by atoms with Crippen molar-refractivity contribution in [2.75, 3.05) is 13.1 Å². The van der Waals surface area contributed by atoms with Crippen LogP contribution in [0.2, 0.25) is 10.0 Å². The molecule has 0 radical (unpaired) electrons. The van der Waals surface area contributed by atoms with Crippen LogP contribution in [0.1, 0.15) is 40.6 Å². The fraction of sp³-hybridized carbons (Fsp3) is 0.280. The van der Waals surface area contributed by atoms with E-state index < -0.39 is 0 Å². The predicted molar refractivity (Wildman–Crippen MR) is 132 cm³/mol.